The zero-order valence-electron chi connectivity index (χ0n) is 10.6. The third-order valence-corrected chi connectivity index (χ3v) is 4.48. The summed E-state index contributed by atoms with van der Waals surface area (Å²) in [7, 11) is 1.72. The molecule has 1 heterocycles. The summed E-state index contributed by atoms with van der Waals surface area (Å²) in [6, 6.07) is 0. The summed E-state index contributed by atoms with van der Waals surface area (Å²) < 4.78 is 5.02. The van der Waals surface area contributed by atoms with Crippen molar-refractivity contribution in [2.24, 2.45) is 0 Å². The van der Waals surface area contributed by atoms with E-state index in [1.807, 2.05) is 11.3 Å². The van der Waals surface area contributed by atoms with E-state index in [4.69, 9.17) is 4.74 Å². The molecule has 4 heteroatoms. The molecule has 96 valence electrons. The molecular formula is C13H22N2OS. The number of ether oxygens (including phenoxy) is 1. The molecule has 1 fully saturated rings. The molecule has 0 atom stereocenters. The van der Waals surface area contributed by atoms with Crippen molar-refractivity contribution in [1.82, 2.24) is 4.98 Å². The van der Waals surface area contributed by atoms with Gasteiger partial charge in [-0.05, 0) is 18.8 Å². The van der Waals surface area contributed by atoms with E-state index in [1.165, 1.54) is 43.4 Å². The van der Waals surface area contributed by atoms with Crippen molar-refractivity contribution in [3.05, 3.63) is 11.1 Å². The Morgan fingerprint density at radius 2 is 2.12 bits per heavy atom. The van der Waals surface area contributed by atoms with Gasteiger partial charge in [0.15, 0.2) is 5.13 Å². The standard InChI is InChI=1S/C13H22N2OS/c1-16-9-8-14-13-15-10-12(17-13)11-6-4-2-3-5-7-11/h10-11H,2-9H2,1H3,(H,14,15). The predicted octanol–water partition coefficient (Wildman–Crippen LogP) is 3.64. The van der Waals surface area contributed by atoms with Crippen molar-refractivity contribution in [3.63, 3.8) is 0 Å². The van der Waals surface area contributed by atoms with Gasteiger partial charge in [-0.25, -0.2) is 4.98 Å². The first-order chi connectivity index (χ1) is 8.40. The Labute approximate surface area is 108 Å². The van der Waals surface area contributed by atoms with Gasteiger partial charge in [0.05, 0.1) is 6.61 Å². The van der Waals surface area contributed by atoms with E-state index in [2.05, 4.69) is 16.5 Å². The molecule has 0 aliphatic heterocycles. The van der Waals surface area contributed by atoms with E-state index in [0.29, 0.717) is 0 Å². The highest BCUT2D eigenvalue weighted by molar-refractivity contribution is 7.15. The van der Waals surface area contributed by atoms with Crippen molar-refractivity contribution < 1.29 is 4.74 Å². The van der Waals surface area contributed by atoms with Crippen molar-refractivity contribution in [2.45, 2.75) is 44.4 Å². The SMILES string of the molecule is COCCNc1ncc(C2CCCCCC2)s1. The van der Waals surface area contributed by atoms with E-state index in [0.717, 1.165) is 24.2 Å². The highest BCUT2D eigenvalue weighted by atomic mass is 32.1. The Kier molecular flexibility index (Phi) is 5.26. The normalized spacial score (nSPS) is 17.9. The average Bonchev–Trinajstić information content (AvgIpc) is 2.64. The predicted molar refractivity (Wildman–Crippen MR) is 72.9 cm³/mol. The fourth-order valence-corrected chi connectivity index (χ4v) is 3.39. The Morgan fingerprint density at radius 1 is 1.35 bits per heavy atom. The van der Waals surface area contributed by atoms with Crippen LogP contribution in [0.5, 0.6) is 0 Å². The molecule has 0 aromatic carbocycles. The number of anilines is 1. The average molecular weight is 254 g/mol. The van der Waals surface area contributed by atoms with Crippen LogP contribution in [0.3, 0.4) is 0 Å². The maximum absolute atomic E-state index is 5.02. The Hall–Kier alpha value is -0.610. The van der Waals surface area contributed by atoms with Gasteiger partial charge in [0.2, 0.25) is 0 Å². The summed E-state index contributed by atoms with van der Waals surface area (Å²) in [6.45, 7) is 1.58. The summed E-state index contributed by atoms with van der Waals surface area (Å²) in [5.74, 6) is 0.757. The van der Waals surface area contributed by atoms with Gasteiger partial charge in [-0.1, -0.05) is 25.7 Å². The van der Waals surface area contributed by atoms with E-state index in [9.17, 15) is 0 Å². The molecule has 1 aromatic heterocycles. The number of rotatable bonds is 5. The maximum Gasteiger partial charge on any atom is 0.182 e. The van der Waals surface area contributed by atoms with Gasteiger partial charge in [0.25, 0.3) is 0 Å². The molecule has 1 aliphatic rings. The third kappa shape index (κ3) is 3.96. The van der Waals surface area contributed by atoms with Crippen molar-refractivity contribution >= 4 is 16.5 Å². The molecular weight excluding hydrogens is 232 g/mol. The lowest BCUT2D eigenvalue weighted by Gasteiger charge is -2.10. The third-order valence-electron chi connectivity index (χ3n) is 3.36. The Balaban J connectivity index is 1.87. The molecule has 0 amide bonds. The van der Waals surface area contributed by atoms with E-state index < -0.39 is 0 Å². The molecule has 2 rings (SSSR count). The molecule has 1 saturated carbocycles. The van der Waals surface area contributed by atoms with Crippen molar-refractivity contribution in [3.8, 4) is 0 Å². The molecule has 17 heavy (non-hydrogen) atoms. The highest BCUT2D eigenvalue weighted by Crippen LogP contribution is 2.35. The van der Waals surface area contributed by atoms with Gasteiger partial charge in [-0.15, -0.1) is 11.3 Å². The fourth-order valence-electron chi connectivity index (χ4n) is 2.38. The van der Waals surface area contributed by atoms with Crippen LogP contribution in [-0.2, 0) is 4.74 Å². The van der Waals surface area contributed by atoms with E-state index >= 15 is 0 Å². The van der Waals surface area contributed by atoms with Crippen LogP contribution in [0.4, 0.5) is 5.13 Å². The lowest BCUT2D eigenvalue weighted by Crippen LogP contribution is -2.06. The Bertz CT molecular complexity index is 319. The first-order valence-corrected chi connectivity index (χ1v) is 7.40. The van der Waals surface area contributed by atoms with E-state index in [1.54, 1.807) is 7.11 Å². The van der Waals surface area contributed by atoms with Crippen molar-refractivity contribution in [2.75, 3.05) is 25.6 Å². The first kappa shape index (κ1) is 12.8. The second-order valence-electron chi connectivity index (χ2n) is 4.68. The van der Waals surface area contributed by atoms with Crippen molar-refractivity contribution in [1.29, 1.82) is 0 Å². The topological polar surface area (TPSA) is 34.1 Å². The molecule has 1 aromatic rings. The van der Waals surface area contributed by atoms with Crippen LogP contribution in [0, 0.1) is 0 Å². The summed E-state index contributed by atoms with van der Waals surface area (Å²) in [4.78, 5) is 5.91. The van der Waals surface area contributed by atoms with E-state index in [-0.39, 0.29) is 0 Å². The molecule has 3 nitrogen and oxygen atoms in total. The number of hydrogen-bond acceptors (Lipinski definition) is 4. The van der Waals surface area contributed by atoms with Gasteiger partial charge in [-0.3, -0.25) is 0 Å². The van der Waals surface area contributed by atoms with Crippen LogP contribution in [-0.4, -0.2) is 25.2 Å². The largest absolute Gasteiger partial charge is 0.383 e. The number of hydrogen-bond donors (Lipinski definition) is 1. The molecule has 0 saturated heterocycles. The smallest absolute Gasteiger partial charge is 0.182 e. The summed E-state index contributed by atoms with van der Waals surface area (Å²) >= 11 is 1.82. The lowest BCUT2D eigenvalue weighted by atomic mass is 9.99. The van der Waals surface area contributed by atoms with Crippen LogP contribution in [0.1, 0.15) is 49.3 Å². The molecule has 0 spiro atoms. The van der Waals surface area contributed by atoms with Gasteiger partial charge >= 0.3 is 0 Å². The minimum atomic E-state index is 0.734. The quantitative estimate of drug-likeness (QED) is 0.643. The highest BCUT2D eigenvalue weighted by Gasteiger charge is 2.16. The minimum absolute atomic E-state index is 0.734. The van der Waals surface area contributed by atoms with Crippen LogP contribution in [0.25, 0.3) is 0 Å². The van der Waals surface area contributed by atoms with Crippen LogP contribution < -0.4 is 5.32 Å². The lowest BCUT2D eigenvalue weighted by molar-refractivity contribution is 0.211. The minimum Gasteiger partial charge on any atom is -0.383 e. The van der Waals surface area contributed by atoms with Crippen LogP contribution in [0.15, 0.2) is 6.20 Å². The second-order valence-corrected chi connectivity index (χ2v) is 5.74. The molecule has 0 unspecified atom stereocenters. The zero-order valence-corrected chi connectivity index (χ0v) is 11.4. The fraction of sp³-hybridized carbons (Fsp3) is 0.769. The zero-order chi connectivity index (χ0) is 11.9. The van der Waals surface area contributed by atoms with Gasteiger partial charge in [0.1, 0.15) is 0 Å². The number of nitrogens with zero attached hydrogens (tertiary/aromatic N) is 1. The van der Waals surface area contributed by atoms with Gasteiger partial charge < -0.3 is 10.1 Å². The maximum atomic E-state index is 5.02. The van der Waals surface area contributed by atoms with Crippen LogP contribution >= 0.6 is 11.3 Å². The first-order valence-electron chi connectivity index (χ1n) is 6.58. The van der Waals surface area contributed by atoms with Gasteiger partial charge in [-0.2, -0.15) is 0 Å². The molecule has 0 radical (unpaired) electrons. The Morgan fingerprint density at radius 3 is 2.82 bits per heavy atom. The summed E-state index contributed by atoms with van der Waals surface area (Å²) in [5, 5.41) is 4.35. The second kappa shape index (κ2) is 6.97. The summed E-state index contributed by atoms with van der Waals surface area (Å²) in [6.07, 6.45) is 10.3. The molecule has 1 aliphatic carbocycles. The molecule has 0 bridgehead atoms. The monoisotopic (exact) mass is 254 g/mol. The molecule has 1 N–H and O–H groups in total. The number of methoxy groups -OCH3 is 1. The number of aromatic nitrogens is 1. The summed E-state index contributed by atoms with van der Waals surface area (Å²) in [5.41, 5.74) is 0. The van der Waals surface area contributed by atoms with Crippen LogP contribution in [0.2, 0.25) is 0 Å². The number of nitrogens with one attached hydrogen (secondary N) is 1. The van der Waals surface area contributed by atoms with Gasteiger partial charge in [0, 0.05) is 24.7 Å². The number of thiazole rings is 1.